The summed E-state index contributed by atoms with van der Waals surface area (Å²) >= 11 is 0. The van der Waals surface area contributed by atoms with Crippen LogP contribution in [0.1, 0.15) is 65.5 Å². The molecule has 0 amide bonds. The van der Waals surface area contributed by atoms with Crippen LogP contribution in [0.2, 0.25) is 0 Å². The Morgan fingerprint density at radius 2 is 0.692 bits per heavy atom. The molecule has 0 unspecified atom stereocenters. The van der Waals surface area contributed by atoms with Gasteiger partial charge in [-0.15, -0.1) is 0 Å². The summed E-state index contributed by atoms with van der Waals surface area (Å²) in [5.41, 5.74) is 7.98. The third-order valence-corrected chi connectivity index (χ3v) is 10.7. The standard InChI is InChI=1S/C48H50O4.2C6H5.Hf/c1-47(2,3)35-29-39(33-19-9-7-10-20-33)45(49)41(31-35)37-23-13-15-25-43(37)51-27-17-18-28-52-44-26-16-14-24-38(44)42-32-36(48(4,5)6)30-40(46(42)50)34-21-11-8-12-22-34;2*1-2-4-6-5-3-1;/h7-16,19-26,29-32,49-50H,17-18,27-28H2,1-6H3;2*1-5H;/q;2*-1;+4/p-2. The minimum Gasteiger partial charge on any atom is -0.872 e. The van der Waals surface area contributed by atoms with E-state index in [-0.39, 0.29) is 48.2 Å². The molecule has 0 radical (unpaired) electrons. The number of rotatable bonds is 11. The molecule has 326 valence electrons. The second-order valence-corrected chi connectivity index (χ2v) is 17.6. The summed E-state index contributed by atoms with van der Waals surface area (Å²) in [5.74, 6) is 1.36. The summed E-state index contributed by atoms with van der Waals surface area (Å²) in [5, 5.41) is 27.9. The van der Waals surface area contributed by atoms with E-state index < -0.39 is 0 Å². The number of unbranched alkanes of at least 4 members (excludes halogenated alkanes) is 1. The van der Waals surface area contributed by atoms with E-state index in [9.17, 15) is 10.2 Å². The van der Waals surface area contributed by atoms with Gasteiger partial charge in [0.1, 0.15) is 11.5 Å². The predicted molar refractivity (Wildman–Crippen MR) is 262 cm³/mol. The van der Waals surface area contributed by atoms with Crippen LogP contribution in [-0.2, 0) is 36.7 Å². The molecule has 8 aromatic carbocycles. The van der Waals surface area contributed by atoms with Crippen molar-refractivity contribution in [1.29, 1.82) is 0 Å². The first-order valence-corrected chi connectivity index (χ1v) is 22.0. The van der Waals surface area contributed by atoms with Gasteiger partial charge in [-0.25, -0.2) is 0 Å². The van der Waals surface area contributed by atoms with Crippen LogP contribution in [-0.4, -0.2) is 13.2 Å². The Kier molecular flexibility index (Phi) is 18.6. The van der Waals surface area contributed by atoms with E-state index in [1.807, 2.05) is 194 Å². The van der Waals surface area contributed by atoms with Crippen LogP contribution in [0.25, 0.3) is 44.5 Å². The molecular formula is C60H58HfO4. The Balaban J connectivity index is 0.000000528. The Labute approximate surface area is 406 Å². The molecule has 0 saturated carbocycles. The zero-order chi connectivity index (χ0) is 45.4. The normalized spacial score (nSPS) is 10.9. The molecule has 0 N–H and O–H groups in total. The third kappa shape index (κ3) is 14.2. The Hall–Kier alpha value is -6.17. The molecule has 4 nitrogen and oxygen atoms in total. The van der Waals surface area contributed by atoms with E-state index in [1.165, 1.54) is 0 Å². The quantitative estimate of drug-likeness (QED) is 0.0736. The molecule has 0 bridgehead atoms. The maximum absolute atomic E-state index is 14.0. The average Bonchev–Trinajstić information content (AvgIpc) is 3.32. The molecule has 0 aromatic heterocycles. The number of hydrogen-bond acceptors (Lipinski definition) is 4. The van der Waals surface area contributed by atoms with Gasteiger partial charge in [-0.1, -0.05) is 174 Å². The maximum atomic E-state index is 14.0. The monoisotopic (exact) mass is 1020 g/mol. The van der Waals surface area contributed by atoms with Gasteiger partial charge in [0.2, 0.25) is 0 Å². The van der Waals surface area contributed by atoms with Crippen molar-refractivity contribution in [3.8, 4) is 67.5 Å². The molecule has 0 atom stereocenters. The smallest absolute Gasteiger partial charge is 0.872 e. The van der Waals surface area contributed by atoms with E-state index in [1.54, 1.807) is 0 Å². The second kappa shape index (κ2) is 24.2. The van der Waals surface area contributed by atoms with Crippen LogP contribution in [0.3, 0.4) is 0 Å². The molecule has 0 spiro atoms. The largest absolute Gasteiger partial charge is 4.00 e. The van der Waals surface area contributed by atoms with E-state index in [4.69, 9.17) is 9.47 Å². The van der Waals surface area contributed by atoms with Gasteiger partial charge in [-0.3, -0.25) is 0 Å². The molecule has 0 saturated heterocycles. The van der Waals surface area contributed by atoms with Gasteiger partial charge in [-0.2, -0.15) is 72.8 Å². The minimum absolute atomic E-state index is 0. The van der Waals surface area contributed by atoms with Gasteiger partial charge in [0.15, 0.2) is 0 Å². The summed E-state index contributed by atoms with van der Waals surface area (Å²) in [7, 11) is 0. The molecule has 8 aromatic rings. The molecule has 5 heteroatoms. The SMILES string of the molecule is CC(C)(C)c1cc(-c2ccccc2)c([O-])c(-c2ccccc2OCCCCOc2ccccc2-c2cc(C(C)(C)C)cc(-c3ccccc3)c2[O-])c1.[Hf+4].[c-]1ccccc1.[c-]1ccccc1. The zero-order valence-electron chi connectivity index (χ0n) is 38.4. The summed E-state index contributed by atoms with van der Waals surface area (Å²) < 4.78 is 12.7. The van der Waals surface area contributed by atoms with Crippen LogP contribution in [0.5, 0.6) is 23.0 Å². The van der Waals surface area contributed by atoms with Gasteiger partial charge in [0.05, 0.1) is 13.2 Å². The Morgan fingerprint density at radius 3 is 1.00 bits per heavy atom. The first-order valence-electron chi connectivity index (χ1n) is 22.0. The topological polar surface area (TPSA) is 64.6 Å². The minimum atomic E-state index is -0.144. The van der Waals surface area contributed by atoms with Crippen molar-refractivity contribution in [2.75, 3.05) is 13.2 Å². The van der Waals surface area contributed by atoms with Gasteiger partial charge in [-0.05, 0) is 80.3 Å². The van der Waals surface area contributed by atoms with Crippen molar-refractivity contribution in [1.82, 2.24) is 0 Å². The number of hydrogen-bond donors (Lipinski definition) is 0. The van der Waals surface area contributed by atoms with Crippen molar-refractivity contribution in [3.63, 3.8) is 0 Å². The van der Waals surface area contributed by atoms with Gasteiger partial charge >= 0.3 is 25.8 Å². The summed E-state index contributed by atoms with van der Waals surface area (Å²) in [6, 6.07) is 68.4. The van der Waals surface area contributed by atoms with E-state index >= 15 is 0 Å². The molecule has 8 rings (SSSR count). The van der Waals surface area contributed by atoms with Crippen LogP contribution in [0.4, 0.5) is 0 Å². The summed E-state index contributed by atoms with van der Waals surface area (Å²) in [4.78, 5) is 0. The van der Waals surface area contributed by atoms with Crippen molar-refractivity contribution >= 4 is 0 Å². The fraction of sp³-hybridized carbons (Fsp3) is 0.200. The van der Waals surface area contributed by atoms with E-state index in [2.05, 4.69) is 53.7 Å². The number of ether oxygens (including phenoxy) is 2. The fourth-order valence-corrected chi connectivity index (χ4v) is 7.07. The molecule has 0 aliphatic carbocycles. The third-order valence-electron chi connectivity index (χ3n) is 10.7. The molecule has 0 aliphatic heterocycles. The fourth-order valence-electron chi connectivity index (χ4n) is 7.07. The molecule has 65 heavy (non-hydrogen) atoms. The second-order valence-electron chi connectivity index (χ2n) is 17.6. The van der Waals surface area contributed by atoms with Crippen LogP contribution in [0.15, 0.2) is 194 Å². The first-order chi connectivity index (χ1) is 30.9. The molecular weight excluding hydrogens is 963 g/mol. The number of benzene rings is 8. The Bertz CT molecular complexity index is 2390. The van der Waals surface area contributed by atoms with Crippen molar-refractivity contribution in [2.45, 2.75) is 65.2 Å². The summed E-state index contributed by atoms with van der Waals surface area (Å²) in [6.07, 6.45) is 1.50. The number of para-hydroxylation sites is 2. The van der Waals surface area contributed by atoms with E-state index in [0.29, 0.717) is 47.0 Å². The van der Waals surface area contributed by atoms with Gasteiger partial charge in [0.25, 0.3) is 0 Å². The molecule has 0 aliphatic rings. The van der Waals surface area contributed by atoms with Crippen LogP contribution in [0, 0.1) is 12.1 Å². The van der Waals surface area contributed by atoms with Crippen molar-refractivity contribution < 1.29 is 45.5 Å². The molecule has 0 heterocycles. The van der Waals surface area contributed by atoms with Gasteiger partial charge in [0, 0.05) is 11.1 Å². The maximum Gasteiger partial charge on any atom is 4.00 e. The zero-order valence-corrected chi connectivity index (χ0v) is 42.0. The van der Waals surface area contributed by atoms with Gasteiger partial charge < -0.3 is 19.7 Å². The van der Waals surface area contributed by atoms with E-state index in [0.717, 1.165) is 46.2 Å². The average molecular weight is 1020 g/mol. The predicted octanol–water partition coefficient (Wildman–Crippen LogP) is 14.3. The van der Waals surface area contributed by atoms with Crippen molar-refractivity contribution in [2.24, 2.45) is 0 Å². The molecule has 0 fully saturated rings. The first kappa shape index (κ1) is 49.8. The Morgan fingerprint density at radius 1 is 0.385 bits per heavy atom. The summed E-state index contributed by atoms with van der Waals surface area (Å²) in [6.45, 7) is 13.9. The van der Waals surface area contributed by atoms with Crippen LogP contribution < -0.4 is 19.7 Å². The van der Waals surface area contributed by atoms with Crippen LogP contribution >= 0.6 is 0 Å². The van der Waals surface area contributed by atoms with Crippen molar-refractivity contribution in [3.05, 3.63) is 217 Å².